The molecule has 0 aromatic carbocycles. The molecular formula is C16H31NO. The van der Waals surface area contributed by atoms with Gasteiger partial charge < -0.3 is 5.32 Å². The first-order valence-electron chi connectivity index (χ1n) is 8.09. The molecule has 0 atom stereocenters. The Balaban J connectivity index is 1.90. The molecule has 0 aliphatic heterocycles. The van der Waals surface area contributed by atoms with Gasteiger partial charge in [0.25, 0.3) is 0 Å². The highest BCUT2D eigenvalue weighted by Gasteiger charge is 2.16. The van der Waals surface area contributed by atoms with Crippen molar-refractivity contribution in [2.75, 3.05) is 6.54 Å². The standard InChI is InChI=1S/C16H31NO/c1-2-3-4-5-6-10-13-17-16(18)14-15-11-8-7-9-12-15/h15H,2-14H2,1H3,(H,17,18). The van der Waals surface area contributed by atoms with Crippen molar-refractivity contribution < 1.29 is 4.79 Å². The van der Waals surface area contributed by atoms with Gasteiger partial charge in [-0.1, -0.05) is 58.3 Å². The van der Waals surface area contributed by atoms with E-state index in [1.54, 1.807) is 0 Å². The van der Waals surface area contributed by atoms with Crippen LogP contribution in [0.1, 0.15) is 84.0 Å². The summed E-state index contributed by atoms with van der Waals surface area (Å²) < 4.78 is 0. The Morgan fingerprint density at radius 1 is 1.00 bits per heavy atom. The molecule has 1 fully saturated rings. The Hall–Kier alpha value is -0.530. The zero-order valence-electron chi connectivity index (χ0n) is 12.2. The topological polar surface area (TPSA) is 29.1 Å². The van der Waals surface area contributed by atoms with Crippen LogP contribution in [0.15, 0.2) is 0 Å². The van der Waals surface area contributed by atoms with Gasteiger partial charge in [0, 0.05) is 13.0 Å². The van der Waals surface area contributed by atoms with Gasteiger partial charge in [-0.15, -0.1) is 0 Å². The molecule has 1 rings (SSSR count). The second kappa shape index (κ2) is 10.4. The lowest BCUT2D eigenvalue weighted by atomic mass is 9.87. The molecule has 0 unspecified atom stereocenters. The van der Waals surface area contributed by atoms with Crippen LogP contribution in [0.3, 0.4) is 0 Å². The zero-order valence-corrected chi connectivity index (χ0v) is 12.2. The average Bonchev–Trinajstić information content (AvgIpc) is 2.39. The summed E-state index contributed by atoms with van der Waals surface area (Å²) in [4.78, 5) is 11.7. The van der Waals surface area contributed by atoms with Gasteiger partial charge in [-0.25, -0.2) is 0 Å². The minimum absolute atomic E-state index is 0.287. The highest BCUT2D eigenvalue weighted by Crippen LogP contribution is 2.25. The van der Waals surface area contributed by atoms with Crippen LogP contribution in [0.25, 0.3) is 0 Å². The van der Waals surface area contributed by atoms with E-state index in [1.165, 1.54) is 64.2 Å². The van der Waals surface area contributed by atoms with Crippen LogP contribution in [0.2, 0.25) is 0 Å². The lowest BCUT2D eigenvalue weighted by Crippen LogP contribution is -2.27. The molecule has 1 amide bonds. The van der Waals surface area contributed by atoms with E-state index in [9.17, 15) is 4.79 Å². The summed E-state index contributed by atoms with van der Waals surface area (Å²) in [6.07, 6.45) is 15.1. The minimum Gasteiger partial charge on any atom is -0.356 e. The number of rotatable bonds is 9. The van der Waals surface area contributed by atoms with Crippen molar-refractivity contribution in [3.05, 3.63) is 0 Å². The molecule has 2 nitrogen and oxygen atoms in total. The lowest BCUT2D eigenvalue weighted by Gasteiger charge is -2.20. The second-order valence-electron chi connectivity index (χ2n) is 5.83. The first-order chi connectivity index (χ1) is 8.83. The summed E-state index contributed by atoms with van der Waals surface area (Å²) in [5.41, 5.74) is 0. The Morgan fingerprint density at radius 3 is 2.39 bits per heavy atom. The van der Waals surface area contributed by atoms with Crippen LogP contribution in [0, 0.1) is 5.92 Å². The van der Waals surface area contributed by atoms with Crippen molar-refractivity contribution in [2.45, 2.75) is 84.0 Å². The smallest absolute Gasteiger partial charge is 0.220 e. The summed E-state index contributed by atoms with van der Waals surface area (Å²) in [7, 11) is 0. The number of amides is 1. The molecule has 1 aliphatic carbocycles. The molecular weight excluding hydrogens is 222 g/mol. The van der Waals surface area contributed by atoms with Crippen molar-refractivity contribution in [2.24, 2.45) is 5.92 Å². The van der Waals surface area contributed by atoms with Crippen molar-refractivity contribution in [1.82, 2.24) is 5.32 Å². The third-order valence-electron chi connectivity index (χ3n) is 4.05. The van der Waals surface area contributed by atoms with Crippen molar-refractivity contribution >= 4 is 5.91 Å². The predicted octanol–water partition coefficient (Wildman–Crippen LogP) is 4.43. The number of nitrogens with one attached hydrogen (secondary N) is 1. The van der Waals surface area contributed by atoms with E-state index in [0.29, 0.717) is 5.92 Å². The maximum absolute atomic E-state index is 11.7. The van der Waals surface area contributed by atoms with E-state index in [-0.39, 0.29) is 5.91 Å². The molecule has 18 heavy (non-hydrogen) atoms. The maximum atomic E-state index is 11.7. The average molecular weight is 253 g/mol. The van der Waals surface area contributed by atoms with Gasteiger partial charge in [-0.3, -0.25) is 4.79 Å². The number of carbonyl (C=O) groups is 1. The Bertz CT molecular complexity index is 209. The first-order valence-corrected chi connectivity index (χ1v) is 8.09. The molecule has 1 N–H and O–H groups in total. The fourth-order valence-electron chi connectivity index (χ4n) is 2.86. The summed E-state index contributed by atoms with van der Waals surface area (Å²) in [5, 5.41) is 3.08. The van der Waals surface area contributed by atoms with Gasteiger partial charge in [0.2, 0.25) is 5.91 Å². The molecule has 0 radical (unpaired) electrons. The molecule has 0 aromatic rings. The van der Waals surface area contributed by atoms with Gasteiger partial charge >= 0.3 is 0 Å². The van der Waals surface area contributed by atoms with Crippen molar-refractivity contribution in [3.63, 3.8) is 0 Å². The van der Waals surface area contributed by atoms with E-state index in [1.807, 2.05) is 0 Å². The van der Waals surface area contributed by atoms with E-state index in [4.69, 9.17) is 0 Å². The molecule has 0 heterocycles. The molecule has 0 aromatic heterocycles. The number of hydrogen-bond acceptors (Lipinski definition) is 1. The molecule has 0 bridgehead atoms. The van der Waals surface area contributed by atoms with Crippen LogP contribution >= 0.6 is 0 Å². The van der Waals surface area contributed by atoms with Gasteiger partial charge in [0.15, 0.2) is 0 Å². The van der Waals surface area contributed by atoms with Crippen LogP contribution in [-0.4, -0.2) is 12.5 Å². The fourth-order valence-corrected chi connectivity index (χ4v) is 2.86. The van der Waals surface area contributed by atoms with Gasteiger partial charge in [-0.2, -0.15) is 0 Å². The second-order valence-corrected chi connectivity index (χ2v) is 5.83. The van der Waals surface area contributed by atoms with Gasteiger partial charge in [0.05, 0.1) is 0 Å². The van der Waals surface area contributed by atoms with E-state index < -0.39 is 0 Å². The normalized spacial score (nSPS) is 16.7. The highest BCUT2D eigenvalue weighted by atomic mass is 16.1. The van der Waals surface area contributed by atoms with Gasteiger partial charge in [-0.05, 0) is 25.2 Å². The zero-order chi connectivity index (χ0) is 13.1. The molecule has 1 aliphatic rings. The Kier molecular flexibility index (Phi) is 8.97. The SMILES string of the molecule is CCCCCCCCNC(=O)CC1CCCCC1. The van der Waals surface area contributed by atoms with Crippen molar-refractivity contribution in [3.8, 4) is 0 Å². The number of carbonyl (C=O) groups excluding carboxylic acids is 1. The van der Waals surface area contributed by atoms with Crippen LogP contribution in [-0.2, 0) is 4.79 Å². The molecule has 2 heteroatoms. The number of hydrogen-bond donors (Lipinski definition) is 1. The predicted molar refractivity (Wildman–Crippen MR) is 77.6 cm³/mol. The lowest BCUT2D eigenvalue weighted by molar-refractivity contribution is -0.122. The van der Waals surface area contributed by atoms with Crippen LogP contribution in [0.4, 0.5) is 0 Å². The summed E-state index contributed by atoms with van der Waals surface area (Å²) in [5.74, 6) is 0.957. The molecule has 0 saturated heterocycles. The van der Waals surface area contributed by atoms with Gasteiger partial charge in [0.1, 0.15) is 0 Å². The third kappa shape index (κ3) is 7.73. The minimum atomic E-state index is 0.287. The summed E-state index contributed by atoms with van der Waals surface area (Å²) in [6.45, 7) is 3.13. The molecule has 0 spiro atoms. The van der Waals surface area contributed by atoms with E-state index in [0.717, 1.165) is 19.4 Å². The van der Waals surface area contributed by atoms with Crippen LogP contribution < -0.4 is 5.32 Å². The van der Waals surface area contributed by atoms with E-state index in [2.05, 4.69) is 12.2 Å². The molecule has 1 saturated carbocycles. The molecule has 106 valence electrons. The summed E-state index contributed by atoms with van der Waals surface area (Å²) in [6, 6.07) is 0. The summed E-state index contributed by atoms with van der Waals surface area (Å²) >= 11 is 0. The Labute approximate surface area is 113 Å². The number of unbranched alkanes of at least 4 members (excludes halogenated alkanes) is 5. The maximum Gasteiger partial charge on any atom is 0.220 e. The largest absolute Gasteiger partial charge is 0.356 e. The quantitative estimate of drug-likeness (QED) is 0.605. The Morgan fingerprint density at radius 2 is 1.67 bits per heavy atom. The third-order valence-corrected chi connectivity index (χ3v) is 4.05. The van der Waals surface area contributed by atoms with Crippen molar-refractivity contribution in [1.29, 1.82) is 0 Å². The monoisotopic (exact) mass is 253 g/mol. The van der Waals surface area contributed by atoms with Crippen LogP contribution in [0.5, 0.6) is 0 Å². The highest BCUT2D eigenvalue weighted by molar-refractivity contribution is 5.76. The first kappa shape index (κ1) is 15.5. The van der Waals surface area contributed by atoms with E-state index >= 15 is 0 Å². The fraction of sp³-hybridized carbons (Fsp3) is 0.938.